The highest BCUT2D eigenvalue weighted by molar-refractivity contribution is 7.91. The lowest BCUT2D eigenvalue weighted by Crippen LogP contribution is -2.40. The van der Waals surface area contributed by atoms with Gasteiger partial charge in [-0.1, -0.05) is 6.07 Å². The zero-order valence-electron chi connectivity index (χ0n) is 12.3. The minimum Gasteiger partial charge on any atom is -0.444 e. The van der Waals surface area contributed by atoms with Crippen molar-refractivity contribution < 1.29 is 17.9 Å². The predicted octanol–water partition coefficient (Wildman–Crippen LogP) is 2.04. The van der Waals surface area contributed by atoms with Gasteiger partial charge >= 0.3 is 6.09 Å². The Hall–Kier alpha value is -1.12. The third-order valence-corrected chi connectivity index (χ3v) is 5.84. The van der Waals surface area contributed by atoms with Gasteiger partial charge in [-0.15, -0.1) is 11.3 Å². The van der Waals surface area contributed by atoms with Crippen molar-refractivity contribution in [3.8, 4) is 0 Å². The molecule has 1 aromatic rings. The highest BCUT2D eigenvalue weighted by Crippen LogP contribution is 2.19. The molecule has 21 heavy (non-hydrogen) atoms. The number of amides is 1. The minimum atomic E-state index is -3.49. The number of carbonyl (C=O) groups is 1. The molecule has 6 nitrogen and oxygen atoms in total. The smallest absolute Gasteiger partial charge is 0.410 e. The summed E-state index contributed by atoms with van der Waals surface area (Å²) in [6.45, 7) is 6.24. The monoisotopic (exact) mass is 332 g/mol. The Balaban J connectivity index is 1.93. The molecule has 1 N–H and O–H groups in total. The molecule has 1 saturated heterocycles. The summed E-state index contributed by atoms with van der Waals surface area (Å²) in [5.74, 6) is 0. The van der Waals surface area contributed by atoms with E-state index in [2.05, 4.69) is 4.72 Å². The fourth-order valence-corrected chi connectivity index (χ4v) is 4.31. The van der Waals surface area contributed by atoms with Gasteiger partial charge in [-0.2, -0.15) is 0 Å². The first-order valence-electron chi connectivity index (χ1n) is 6.71. The number of sulfonamides is 1. The number of carbonyl (C=O) groups excluding carboxylic acids is 1. The average Bonchev–Trinajstić information content (AvgIpc) is 2.95. The van der Waals surface area contributed by atoms with Crippen LogP contribution < -0.4 is 4.72 Å². The molecule has 1 aromatic heterocycles. The van der Waals surface area contributed by atoms with E-state index in [4.69, 9.17) is 4.74 Å². The normalized spacial score (nSPS) is 19.8. The van der Waals surface area contributed by atoms with Crippen LogP contribution in [0.5, 0.6) is 0 Å². The number of rotatable bonds is 3. The van der Waals surface area contributed by atoms with Crippen molar-refractivity contribution in [3.63, 3.8) is 0 Å². The SMILES string of the molecule is CC(C)(C)OC(=O)N1CC[C@H](NS(=O)(=O)c2cccs2)C1. The Morgan fingerprint density at radius 2 is 2.19 bits per heavy atom. The van der Waals surface area contributed by atoms with E-state index < -0.39 is 21.7 Å². The van der Waals surface area contributed by atoms with E-state index in [-0.39, 0.29) is 6.04 Å². The van der Waals surface area contributed by atoms with Crippen LogP contribution >= 0.6 is 11.3 Å². The van der Waals surface area contributed by atoms with E-state index in [0.717, 1.165) is 0 Å². The van der Waals surface area contributed by atoms with Gasteiger partial charge in [-0.3, -0.25) is 0 Å². The molecule has 1 aliphatic heterocycles. The maximum atomic E-state index is 12.1. The van der Waals surface area contributed by atoms with Crippen molar-refractivity contribution in [1.29, 1.82) is 0 Å². The summed E-state index contributed by atoms with van der Waals surface area (Å²) < 4.78 is 32.5. The number of hydrogen-bond donors (Lipinski definition) is 1. The summed E-state index contributed by atoms with van der Waals surface area (Å²) in [6, 6.07) is 2.98. The molecule has 0 spiro atoms. The second-order valence-corrected chi connectivity index (χ2v) is 8.85. The largest absolute Gasteiger partial charge is 0.444 e. The number of nitrogens with zero attached hydrogens (tertiary/aromatic N) is 1. The molecular formula is C13H20N2O4S2. The van der Waals surface area contributed by atoms with Crippen LogP contribution in [0.2, 0.25) is 0 Å². The molecule has 0 radical (unpaired) electrons. The van der Waals surface area contributed by atoms with E-state index in [9.17, 15) is 13.2 Å². The van der Waals surface area contributed by atoms with Gasteiger partial charge in [0.2, 0.25) is 10.0 Å². The first-order valence-corrected chi connectivity index (χ1v) is 9.07. The lowest BCUT2D eigenvalue weighted by atomic mass is 10.2. The van der Waals surface area contributed by atoms with Crippen molar-refractivity contribution in [1.82, 2.24) is 9.62 Å². The van der Waals surface area contributed by atoms with Crippen molar-refractivity contribution in [2.24, 2.45) is 0 Å². The molecular weight excluding hydrogens is 312 g/mol. The summed E-state index contributed by atoms with van der Waals surface area (Å²) in [7, 11) is -3.49. The number of nitrogens with one attached hydrogen (secondary N) is 1. The van der Waals surface area contributed by atoms with Crippen LogP contribution in [-0.4, -0.2) is 44.1 Å². The third-order valence-electron chi connectivity index (χ3n) is 2.92. The highest BCUT2D eigenvalue weighted by atomic mass is 32.2. The fourth-order valence-electron chi connectivity index (χ4n) is 2.04. The van der Waals surface area contributed by atoms with Crippen LogP contribution in [-0.2, 0) is 14.8 Å². The van der Waals surface area contributed by atoms with E-state index in [1.807, 2.05) is 0 Å². The third kappa shape index (κ3) is 4.42. The van der Waals surface area contributed by atoms with Gasteiger partial charge in [0.25, 0.3) is 0 Å². The molecule has 8 heteroatoms. The standard InChI is InChI=1S/C13H20N2O4S2/c1-13(2,3)19-12(16)15-7-6-10(9-15)14-21(17,18)11-5-4-8-20-11/h4-5,8,10,14H,6-7,9H2,1-3H3/t10-/m0/s1. The zero-order valence-corrected chi connectivity index (χ0v) is 14.0. The van der Waals surface area contributed by atoms with E-state index >= 15 is 0 Å². The summed E-state index contributed by atoms with van der Waals surface area (Å²) in [5.41, 5.74) is -0.550. The number of hydrogen-bond acceptors (Lipinski definition) is 5. The van der Waals surface area contributed by atoms with Gasteiger partial charge in [0.1, 0.15) is 9.81 Å². The summed E-state index contributed by atoms with van der Waals surface area (Å²) >= 11 is 1.17. The van der Waals surface area contributed by atoms with Crippen molar-refractivity contribution in [3.05, 3.63) is 17.5 Å². The summed E-state index contributed by atoms with van der Waals surface area (Å²) in [6.07, 6.45) is 0.185. The highest BCUT2D eigenvalue weighted by Gasteiger charge is 2.32. The van der Waals surface area contributed by atoms with Crippen LogP contribution in [0.15, 0.2) is 21.7 Å². The molecule has 1 atom stereocenters. The van der Waals surface area contributed by atoms with Crippen LogP contribution in [0, 0.1) is 0 Å². The van der Waals surface area contributed by atoms with Gasteiger partial charge in [-0.05, 0) is 38.6 Å². The van der Waals surface area contributed by atoms with Crippen LogP contribution in [0.1, 0.15) is 27.2 Å². The van der Waals surface area contributed by atoms with Gasteiger partial charge in [0.05, 0.1) is 0 Å². The molecule has 2 rings (SSSR count). The van der Waals surface area contributed by atoms with Gasteiger partial charge in [-0.25, -0.2) is 17.9 Å². The second kappa shape index (κ2) is 5.94. The molecule has 0 saturated carbocycles. The summed E-state index contributed by atoms with van der Waals surface area (Å²) in [4.78, 5) is 13.5. The Bertz CT molecular complexity index is 590. The van der Waals surface area contributed by atoms with Gasteiger partial charge < -0.3 is 9.64 Å². The van der Waals surface area contributed by atoms with Crippen LogP contribution in [0.4, 0.5) is 4.79 Å². The molecule has 0 aromatic carbocycles. The molecule has 1 amide bonds. The number of ether oxygens (including phenoxy) is 1. The Kier molecular flexibility index (Phi) is 4.60. The molecule has 0 bridgehead atoms. The molecule has 0 unspecified atom stereocenters. The Morgan fingerprint density at radius 1 is 1.48 bits per heavy atom. The molecule has 118 valence electrons. The molecule has 1 fully saturated rings. The van der Waals surface area contributed by atoms with E-state index in [1.54, 1.807) is 38.3 Å². The maximum Gasteiger partial charge on any atom is 0.410 e. The fraction of sp³-hybridized carbons (Fsp3) is 0.615. The molecule has 2 heterocycles. The first-order chi connectivity index (χ1) is 9.67. The Morgan fingerprint density at radius 3 is 2.76 bits per heavy atom. The quantitative estimate of drug-likeness (QED) is 0.919. The average molecular weight is 332 g/mol. The Labute approximate surface area is 129 Å². The van der Waals surface area contributed by atoms with Crippen molar-refractivity contribution in [2.45, 2.75) is 43.0 Å². The molecule has 1 aliphatic rings. The topological polar surface area (TPSA) is 75.7 Å². The van der Waals surface area contributed by atoms with E-state index in [1.165, 1.54) is 16.2 Å². The lowest BCUT2D eigenvalue weighted by molar-refractivity contribution is 0.0292. The lowest BCUT2D eigenvalue weighted by Gasteiger charge is -2.24. The van der Waals surface area contributed by atoms with Crippen molar-refractivity contribution in [2.75, 3.05) is 13.1 Å². The first kappa shape index (κ1) is 16.3. The summed E-state index contributed by atoms with van der Waals surface area (Å²) in [5, 5.41) is 1.72. The van der Waals surface area contributed by atoms with E-state index in [0.29, 0.717) is 23.7 Å². The zero-order chi connectivity index (χ0) is 15.7. The minimum absolute atomic E-state index is 0.274. The van der Waals surface area contributed by atoms with Crippen LogP contribution in [0.3, 0.4) is 0 Å². The van der Waals surface area contributed by atoms with Crippen molar-refractivity contribution >= 4 is 27.5 Å². The second-order valence-electron chi connectivity index (χ2n) is 5.97. The number of likely N-dealkylation sites (tertiary alicyclic amines) is 1. The van der Waals surface area contributed by atoms with Gasteiger partial charge in [0.15, 0.2) is 0 Å². The maximum absolute atomic E-state index is 12.1. The van der Waals surface area contributed by atoms with Gasteiger partial charge in [0, 0.05) is 19.1 Å². The van der Waals surface area contributed by atoms with Crippen LogP contribution in [0.25, 0.3) is 0 Å². The predicted molar refractivity (Wildman–Crippen MR) is 80.9 cm³/mol. The molecule has 0 aliphatic carbocycles. The number of thiophene rings is 1.